The van der Waals surface area contributed by atoms with E-state index >= 15 is 0 Å². The van der Waals surface area contributed by atoms with Crippen LogP contribution in [0.25, 0.3) is 0 Å². The average molecular weight is 354 g/mol. The average Bonchev–Trinajstić information content (AvgIpc) is 3.07. The highest BCUT2D eigenvalue weighted by atomic mass is 16.7. The largest absolute Gasteiger partial charge is 0.488 e. The highest BCUT2D eigenvalue weighted by Crippen LogP contribution is 2.22. The summed E-state index contributed by atoms with van der Waals surface area (Å²) < 4.78 is 16.7. The Bertz CT molecular complexity index is 755. The van der Waals surface area contributed by atoms with Crippen molar-refractivity contribution in [3.63, 3.8) is 0 Å². The molecule has 1 aliphatic heterocycles. The molecule has 0 spiro atoms. The third-order valence-corrected chi connectivity index (χ3v) is 3.93. The van der Waals surface area contributed by atoms with Gasteiger partial charge in [0.15, 0.2) is 5.79 Å². The van der Waals surface area contributed by atoms with Crippen LogP contribution in [0.3, 0.4) is 0 Å². The van der Waals surface area contributed by atoms with Crippen LogP contribution < -0.4 is 10.2 Å². The number of para-hydroxylation sites is 1. The van der Waals surface area contributed by atoms with Gasteiger partial charge in [-0.05, 0) is 24.6 Å². The summed E-state index contributed by atoms with van der Waals surface area (Å²) in [5.74, 6) is -0.437. The molecule has 1 aliphatic rings. The van der Waals surface area contributed by atoms with Crippen molar-refractivity contribution in [2.45, 2.75) is 25.7 Å². The van der Waals surface area contributed by atoms with Gasteiger partial charge < -0.3 is 14.2 Å². The maximum atomic E-state index is 12.0. The minimum absolute atomic E-state index is 0.0937. The fraction of sp³-hybridized carbons (Fsp3) is 0.300. The molecule has 0 aromatic heterocycles. The molecule has 6 nitrogen and oxygen atoms in total. The number of carbonyl (C=O) groups is 1. The lowest BCUT2D eigenvalue weighted by molar-refractivity contribution is -0.159. The van der Waals surface area contributed by atoms with E-state index < -0.39 is 5.79 Å². The van der Waals surface area contributed by atoms with Crippen LogP contribution >= 0.6 is 0 Å². The SMILES string of the molecule is CC1(CC(=O)N/N=C/c2ccccc2OCc2ccccc2)OCCO1. The normalized spacial score (nSPS) is 15.9. The number of nitrogens with zero attached hydrogens (tertiary/aromatic N) is 1. The molecular weight excluding hydrogens is 332 g/mol. The molecule has 6 heteroatoms. The van der Waals surface area contributed by atoms with Gasteiger partial charge >= 0.3 is 0 Å². The number of hydrogen-bond donors (Lipinski definition) is 1. The maximum Gasteiger partial charge on any atom is 0.245 e. The highest BCUT2D eigenvalue weighted by molar-refractivity contribution is 5.85. The second-order valence-corrected chi connectivity index (χ2v) is 6.11. The molecule has 26 heavy (non-hydrogen) atoms. The number of carbonyl (C=O) groups excluding carboxylic acids is 1. The Labute approximate surface area is 152 Å². The third kappa shape index (κ3) is 5.15. The number of benzene rings is 2. The predicted molar refractivity (Wildman–Crippen MR) is 97.9 cm³/mol. The molecule has 0 saturated carbocycles. The first kappa shape index (κ1) is 18.1. The van der Waals surface area contributed by atoms with Gasteiger partial charge in [-0.3, -0.25) is 4.79 Å². The molecular formula is C20H22N2O4. The zero-order chi connectivity index (χ0) is 18.2. The van der Waals surface area contributed by atoms with Gasteiger partial charge in [0, 0.05) is 5.56 Å². The molecule has 136 valence electrons. The van der Waals surface area contributed by atoms with Crippen LogP contribution in [-0.4, -0.2) is 31.1 Å². The summed E-state index contributed by atoms with van der Waals surface area (Å²) in [7, 11) is 0. The summed E-state index contributed by atoms with van der Waals surface area (Å²) in [6.07, 6.45) is 1.66. The Morgan fingerprint density at radius 1 is 1.15 bits per heavy atom. The summed E-state index contributed by atoms with van der Waals surface area (Å²) in [4.78, 5) is 12.0. The van der Waals surface area contributed by atoms with Crippen LogP contribution in [0.2, 0.25) is 0 Å². The minimum Gasteiger partial charge on any atom is -0.488 e. The summed E-state index contributed by atoms with van der Waals surface area (Å²) >= 11 is 0. The Balaban J connectivity index is 1.55. The third-order valence-electron chi connectivity index (χ3n) is 3.93. The van der Waals surface area contributed by atoms with Crippen LogP contribution in [0.5, 0.6) is 5.75 Å². The Kier molecular flexibility index (Phi) is 5.99. The number of hydrazone groups is 1. The molecule has 0 atom stereocenters. The van der Waals surface area contributed by atoms with E-state index in [0.717, 1.165) is 11.1 Å². The fourth-order valence-corrected chi connectivity index (χ4v) is 2.62. The van der Waals surface area contributed by atoms with Crippen molar-refractivity contribution in [2.75, 3.05) is 13.2 Å². The molecule has 3 rings (SSSR count). The summed E-state index contributed by atoms with van der Waals surface area (Å²) in [6, 6.07) is 17.4. The number of amides is 1. The van der Waals surface area contributed by atoms with E-state index in [1.807, 2.05) is 54.6 Å². The Morgan fingerprint density at radius 2 is 1.85 bits per heavy atom. The molecule has 0 aliphatic carbocycles. The topological polar surface area (TPSA) is 69.2 Å². The zero-order valence-corrected chi connectivity index (χ0v) is 14.7. The monoisotopic (exact) mass is 354 g/mol. The van der Waals surface area contributed by atoms with E-state index in [4.69, 9.17) is 14.2 Å². The Hall–Kier alpha value is -2.70. The summed E-state index contributed by atoms with van der Waals surface area (Å²) in [5.41, 5.74) is 4.36. The standard InChI is InChI=1S/C20H22N2O4/c1-20(25-11-12-26-20)13-19(23)22-21-14-17-9-5-6-10-18(17)24-15-16-7-3-2-4-8-16/h2-10,14H,11-13,15H2,1H3,(H,22,23)/b21-14+. The van der Waals surface area contributed by atoms with Gasteiger partial charge in [-0.15, -0.1) is 0 Å². The van der Waals surface area contributed by atoms with E-state index in [2.05, 4.69) is 10.5 Å². The first-order valence-electron chi connectivity index (χ1n) is 8.50. The van der Waals surface area contributed by atoms with Crippen LogP contribution in [-0.2, 0) is 20.9 Å². The van der Waals surface area contributed by atoms with Crippen molar-refractivity contribution < 1.29 is 19.0 Å². The lowest BCUT2D eigenvalue weighted by atomic mass is 10.2. The first-order chi connectivity index (χ1) is 12.6. The van der Waals surface area contributed by atoms with Crippen molar-refractivity contribution in [2.24, 2.45) is 5.10 Å². The van der Waals surface area contributed by atoms with Crippen LogP contribution in [0.15, 0.2) is 59.7 Å². The van der Waals surface area contributed by atoms with E-state index in [1.54, 1.807) is 13.1 Å². The van der Waals surface area contributed by atoms with Gasteiger partial charge in [0.2, 0.25) is 5.91 Å². The predicted octanol–water partition coefficient (Wildman–Crippen LogP) is 2.87. The Morgan fingerprint density at radius 3 is 2.62 bits per heavy atom. The smallest absolute Gasteiger partial charge is 0.245 e. The molecule has 1 N–H and O–H groups in total. The van der Waals surface area contributed by atoms with Crippen LogP contribution in [0.4, 0.5) is 0 Å². The van der Waals surface area contributed by atoms with Crippen molar-refractivity contribution in [3.8, 4) is 5.75 Å². The van der Waals surface area contributed by atoms with Crippen LogP contribution in [0, 0.1) is 0 Å². The molecule has 1 amide bonds. The molecule has 2 aromatic rings. The molecule has 1 heterocycles. The van der Waals surface area contributed by atoms with Gasteiger partial charge in [0.05, 0.1) is 25.8 Å². The van der Waals surface area contributed by atoms with Gasteiger partial charge in [-0.25, -0.2) is 5.43 Å². The van der Waals surface area contributed by atoms with E-state index in [0.29, 0.717) is 25.6 Å². The van der Waals surface area contributed by atoms with E-state index in [9.17, 15) is 4.79 Å². The van der Waals surface area contributed by atoms with E-state index in [1.165, 1.54) is 0 Å². The molecule has 1 saturated heterocycles. The van der Waals surface area contributed by atoms with Gasteiger partial charge in [-0.1, -0.05) is 42.5 Å². The lowest BCUT2D eigenvalue weighted by Gasteiger charge is -2.20. The first-order valence-corrected chi connectivity index (χ1v) is 8.50. The fourth-order valence-electron chi connectivity index (χ4n) is 2.62. The van der Waals surface area contributed by atoms with Gasteiger partial charge in [0.1, 0.15) is 12.4 Å². The van der Waals surface area contributed by atoms with Crippen molar-refractivity contribution in [3.05, 3.63) is 65.7 Å². The summed E-state index contributed by atoms with van der Waals surface area (Å²) in [6.45, 7) is 3.21. The second-order valence-electron chi connectivity index (χ2n) is 6.11. The molecule has 0 bridgehead atoms. The van der Waals surface area contributed by atoms with Crippen molar-refractivity contribution in [1.82, 2.24) is 5.43 Å². The summed E-state index contributed by atoms with van der Waals surface area (Å²) in [5, 5.41) is 4.01. The van der Waals surface area contributed by atoms with Crippen LogP contribution in [0.1, 0.15) is 24.5 Å². The molecule has 2 aromatic carbocycles. The minimum atomic E-state index is -0.865. The number of ether oxygens (including phenoxy) is 3. The second kappa shape index (κ2) is 8.60. The van der Waals surface area contributed by atoms with Crippen molar-refractivity contribution >= 4 is 12.1 Å². The number of hydrogen-bond acceptors (Lipinski definition) is 5. The maximum absolute atomic E-state index is 12.0. The number of nitrogens with one attached hydrogen (secondary N) is 1. The lowest BCUT2D eigenvalue weighted by Crippen LogP contribution is -2.33. The number of rotatable bonds is 7. The molecule has 0 radical (unpaired) electrons. The highest BCUT2D eigenvalue weighted by Gasteiger charge is 2.33. The zero-order valence-electron chi connectivity index (χ0n) is 14.7. The quantitative estimate of drug-likeness (QED) is 0.613. The van der Waals surface area contributed by atoms with E-state index in [-0.39, 0.29) is 12.3 Å². The molecule has 1 fully saturated rings. The molecule has 0 unspecified atom stereocenters. The van der Waals surface area contributed by atoms with Gasteiger partial charge in [-0.2, -0.15) is 5.10 Å². The van der Waals surface area contributed by atoms with Crippen molar-refractivity contribution in [1.29, 1.82) is 0 Å². The van der Waals surface area contributed by atoms with Gasteiger partial charge in [0.25, 0.3) is 0 Å².